The molecule has 0 aliphatic rings. The number of benzene rings is 2. The second-order valence-electron chi connectivity index (χ2n) is 5.48. The third-order valence-electron chi connectivity index (χ3n) is 3.82. The third kappa shape index (κ3) is 3.17. The van der Waals surface area contributed by atoms with Gasteiger partial charge < -0.3 is 4.74 Å². The van der Waals surface area contributed by atoms with Crippen LogP contribution in [0.2, 0.25) is 5.02 Å². The Morgan fingerprint density at radius 3 is 2.70 bits per heavy atom. The van der Waals surface area contributed by atoms with E-state index in [4.69, 9.17) is 16.3 Å². The maximum absolute atomic E-state index is 13.3. The summed E-state index contributed by atoms with van der Waals surface area (Å²) in [6.07, 6.45) is 0. The lowest BCUT2D eigenvalue weighted by Gasteiger charge is -2.14. The van der Waals surface area contributed by atoms with E-state index in [0.717, 1.165) is 0 Å². The average Bonchev–Trinajstić information content (AvgIpc) is 3.14. The standard InChI is InChI=1S/C18H10ClF2N3O2S/c19-14-10(8-20)2-1-3-13(14)26-18-23-16-15(22-9-27-16)17(25)24(18)12-6-4-11(21)5-7-12/h1-7,9H,8H2. The number of nitrogens with zero attached hydrogens (tertiary/aromatic N) is 3. The number of alkyl halides is 1. The molecule has 0 fully saturated rings. The van der Waals surface area contributed by atoms with Gasteiger partial charge in [-0.3, -0.25) is 4.79 Å². The monoisotopic (exact) mass is 405 g/mol. The predicted molar refractivity (Wildman–Crippen MR) is 99.3 cm³/mol. The third-order valence-corrected chi connectivity index (χ3v) is 4.96. The number of fused-ring (bicyclic) bond motifs is 1. The number of hydrogen-bond acceptors (Lipinski definition) is 5. The fourth-order valence-corrected chi connectivity index (χ4v) is 3.37. The highest BCUT2D eigenvalue weighted by molar-refractivity contribution is 7.16. The first-order valence-corrected chi connectivity index (χ1v) is 8.97. The number of hydrogen-bond donors (Lipinski definition) is 0. The molecule has 4 rings (SSSR count). The maximum Gasteiger partial charge on any atom is 0.311 e. The van der Waals surface area contributed by atoms with Crippen LogP contribution in [0.25, 0.3) is 16.0 Å². The van der Waals surface area contributed by atoms with Gasteiger partial charge in [-0.15, -0.1) is 11.3 Å². The Morgan fingerprint density at radius 2 is 1.96 bits per heavy atom. The Labute approximate surface area is 160 Å². The van der Waals surface area contributed by atoms with E-state index >= 15 is 0 Å². The van der Waals surface area contributed by atoms with E-state index in [1.54, 1.807) is 12.1 Å². The van der Waals surface area contributed by atoms with Gasteiger partial charge in [0.25, 0.3) is 5.56 Å². The van der Waals surface area contributed by atoms with Crippen LogP contribution in [-0.4, -0.2) is 14.5 Å². The molecule has 9 heteroatoms. The maximum atomic E-state index is 13.3. The molecule has 0 unspecified atom stereocenters. The van der Waals surface area contributed by atoms with E-state index in [-0.39, 0.29) is 27.9 Å². The Bertz CT molecular complexity index is 1190. The number of rotatable bonds is 4. The molecular formula is C18H10ClF2N3O2S. The van der Waals surface area contributed by atoms with Crippen LogP contribution < -0.4 is 10.3 Å². The minimum atomic E-state index is -0.762. The Hall–Kier alpha value is -2.84. The summed E-state index contributed by atoms with van der Waals surface area (Å²) < 4.78 is 33.3. The highest BCUT2D eigenvalue weighted by Gasteiger charge is 2.18. The van der Waals surface area contributed by atoms with Gasteiger partial charge in [0.05, 0.1) is 16.2 Å². The van der Waals surface area contributed by atoms with E-state index in [1.807, 2.05) is 0 Å². The molecule has 2 aromatic carbocycles. The average molecular weight is 406 g/mol. The normalized spacial score (nSPS) is 11.1. The molecule has 4 aromatic rings. The van der Waals surface area contributed by atoms with E-state index in [1.165, 1.54) is 51.7 Å². The number of ether oxygens (including phenoxy) is 1. The van der Waals surface area contributed by atoms with Gasteiger partial charge in [0.1, 0.15) is 18.2 Å². The van der Waals surface area contributed by atoms with Crippen LogP contribution in [0.15, 0.2) is 52.8 Å². The fraction of sp³-hybridized carbons (Fsp3) is 0.0556. The Morgan fingerprint density at radius 1 is 1.19 bits per heavy atom. The van der Waals surface area contributed by atoms with Gasteiger partial charge in [0, 0.05) is 5.56 Å². The number of halogens is 3. The largest absolute Gasteiger partial charge is 0.424 e. The van der Waals surface area contributed by atoms with E-state index in [0.29, 0.717) is 10.5 Å². The second kappa shape index (κ2) is 7.05. The van der Waals surface area contributed by atoms with E-state index in [2.05, 4.69) is 9.97 Å². The van der Waals surface area contributed by atoms with Crippen molar-refractivity contribution in [1.29, 1.82) is 0 Å². The molecular weight excluding hydrogens is 396 g/mol. The summed E-state index contributed by atoms with van der Waals surface area (Å²) in [6, 6.07) is 9.84. The van der Waals surface area contributed by atoms with Gasteiger partial charge in [0.2, 0.25) is 0 Å². The second-order valence-corrected chi connectivity index (χ2v) is 6.69. The molecule has 0 atom stereocenters. The smallest absolute Gasteiger partial charge is 0.311 e. The molecule has 0 aliphatic heterocycles. The molecule has 0 spiro atoms. The van der Waals surface area contributed by atoms with Crippen LogP contribution in [0.3, 0.4) is 0 Å². The van der Waals surface area contributed by atoms with Crippen LogP contribution in [0.1, 0.15) is 5.56 Å². The molecule has 2 aromatic heterocycles. The summed E-state index contributed by atoms with van der Waals surface area (Å²) in [4.78, 5) is 21.6. The molecule has 136 valence electrons. The molecule has 0 amide bonds. The van der Waals surface area contributed by atoms with E-state index in [9.17, 15) is 13.6 Å². The zero-order chi connectivity index (χ0) is 19.0. The van der Waals surface area contributed by atoms with Gasteiger partial charge >= 0.3 is 6.01 Å². The summed E-state index contributed by atoms with van der Waals surface area (Å²) in [6.45, 7) is -0.762. The van der Waals surface area contributed by atoms with Crippen molar-refractivity contribution < 1.29 is 13.5 Å². The summed E-state index contributed by atoms with van der Waals surface area (Å²) in [7, 11) is 0. The highest BCUT2D eigenvalue weighted by Crippen LogP contribution is 2.33. The lowest BCUT2D eigenvalue weighted by Crippen LogP contribution is -2.21. The number of thiazole rings is 1. The van der Waals surface area contributed by atoms with Crippen molar-refractivity contribution in [2.75, 3.05) is 0 Å². The van der Waals surface area contributed by atoms with Crippen molar-refractivity contribution in [2.45, 2.75) is 6.67 Å². The van der Waals surface area contributed by atoms with Gasteiger partial charge in [-0.2, -0.15) is 4.98 Å². The van der Waals surface area contributed by atoms with Gasteiger partial charge in [-0.05, 0) is 30.3 Å². The Kier molecular flexibility index (Phi) is 4.59. The van der Waals surface area contributed by atoms with Crippen molar-refractivity contribution in [3.05, 3.63) is 74.7 Å². The highest BCUT2D eigenvalue weighted by atomic mass is 35.5. The molecule has 0 saturated heterocycles. The predicted octanol–water partition coefficient (Wildman–Crippen LogP) is 4.90. The molecule has 0 radical (unpaired) electrons. The molecule has 0 bridgehead atoms. The molecule has 0 saturated carbocycles. The van der Waals surface area contributed by atoms with Crippen LogP contribution in [-0.2, 0) is 6.67 Å². The summed E-state index contributed by atoms with van der Waals surface area (Å²) >= 11 is 7.35. The topological polar surface area (TPSA) is 57.0 Å². The van der Waals surface area contributed by atoms with E-state index < -0.39 is 18.1 Å². The van der Waals surface area contributed by atoms with Crippen molar-refractivity contribution in [3.8, 4) is 17.4 Å². The lowest BCUT2D eigenvalue weighted by atomic mass is 10.2. The summed E-state index contributed by atoms with van der Waals surface area (Å²) in [5.41, 5.74) is 1.79. The number of aromatic nitrogens is 3. The van der Waals surface area contributed by atoms with Crippen molar-refractivity contribution >= 4 is 33.3 Å². The first kappa shape index (κ1) is 17.6. The minimum Gasteiger partial charge on any atom is -0.424 e. The zero-order valence-electron chi connectivity index (χ0n) is 13.5. The summed E-state index contributed by atoms with van der Waals surface area (Å²) in [5, 5.41) is 0.0873. The fourth-order valence-electron chi connectivity index (χ4n) is 2.52. The molecule has 0 N–H and O–H groups in total. The van der Waals surface area contributed by atoms with Crippen molar-refractivity contribution in [1.82, 2.24) is 14.5 Å². The van der Waals surface area contributed by atoms with Gasteiger partial charge in [0.15, 0.2) is 10.3 Å². The minimum absolute atomic E-state index is 0.0822. The Balaban J connectivity index is 1.93. The van der Waals surface area contributed by atoms with Crippen LogP contribution in [0.4, 0.5) is 8.78 Å². The van der Waals surface area contributed by atoms with Gasteiger partial charge in [-0.1, -0.05) is 23.7 Å². The molecule has 0 aliphatic carbocycles. The lowest BCUT2D eigenvalue weighted by molar-refractivity contribution is 0.424. The van der Waals surface area contributed by atoms with Crippen LogP contribution in [0.5, 0.6) is 11.8 Å². The first-order valence-electron chi connectivity index (χ1n) is 7.72. The van der Waals surface area contributed by atoms with Crippen LogP contribution in [0, 0.1) is 5.82 Å². The molecule has 2 heterocycles. The van der Waals surface area contributed by atoms with Gasteiger partial charge in [-0.25, -0.2) is 18.3 Å². The van der Waals surface area contributed by atoms with Crippen molar-refractivity contribution in [2.24, 2.45) is 0 Å². The zero-order valence-corrected chi connectivity index (χ0v) is 15.1. The summed E-state index contributed by atoms with van der Waals surface area (Å²) in [5.74, 6) is -0.297. The van der Waals surface area contributed by atoms with Crippen LogP contribution >= 0.6 is 22.9 Å². The van der Waals surface area contributed by atoms with Crippen molar-refractivity contribution in [3.63, 3.8) is 0 Å². The SMILES string of the molecule is O=c1c2ncsc2nc(Oc2cccc(CF)c2Cl)n1-c1ccc(F)cc1. The quantitative estimate of drug-likeness (QED) is 0.484. The first-order chi connectivity index (χ1) is 13.1. The molecule has 27 heavy (non-hydrogen) atoms. The molecule has 5 nitrogen and oxygen atoms in total.